The van der Waals surface area contributed by atoms with Crippen LogP contribution in [0.15, 0.2) is 66.7 Å². The molecule has 1 aromatic heterocycles. The Balaban J connectivity index is 1.37. The molecule has 3 aromatic rings. The minimum atomic E-state index is -0.304. The van der Waals surface area contributed by atoms with Gasteiger partial charge >= 0.3 is 0 Å². The van der Waals surface area contributed by atoms with Crippen LogP contribution < -0.4 is 10.2 Å². The molecule has 0 radical (unpaired) electrons. The fraction of sp³-hybridized carbons (Fsp3) is 0.174. The third kappa shape index (κ3) is 4.85. The molecule has 2 heterocycles. The number of carbonyl (C=O) groups excluding carboxylic acids is 1. The molecule has 1 fully saturated rings. The van der Waals surface area contributed by atoms with Crippen molar-refractivity contribution in [2.24, 2.45) is 0 Å². The van der Waals surface area contributed by atoms with E-state index < -0.39 is 0 Å². The van der Waals surface area contributed by atoms with Gasteiger partial charge in [-0.1, -0.05) is 24.3 Å². The maximum Gasteiger partial charge on any atom is 0.248 e. The number of nitrogens with zero attached hydrogens (tertiary/aromatic N) is 3. The smallest absolute Gasteiger partial charge is 0.248 e. The molecule has 5 nitrogen and oxygen atoms in total. The molecule has 1 amide bonds. The predicted octanol–water partition coefficient (Wildman–Crippen LogP) is 4.53. The highest BCUT2D eigenvalue weighted by Gasteiger charge is 2.14. The van der Waals surface area contributed by atoms with E-state index in [1.807, 2.05) is 36.4 Å². The Kier molecular flexibility index (Phi) is 5.61. The molecule has 0 bridgehead atoms. The van der Waals surface area contributed by atoms with E-state index in [2.05, 4.69) is 20.4 Å². The Morgan fingerprint density at radius 1 is 0.931 bits per heavy atom. The van der Waals surface area contributed by atoms with E-state index >= 15 is 0 Å². The van der Waals surface area contributed by atoms with Gasteiger partial charge in [0, 0.05) is 30.4 Å². The molecule has 6 heteroatoms. The van der Waals surface area contributed by atoms with Crippen LogP contribution in [0.25, 0.3) is 17.3 Å². The molecule has 1 saturated heterocycles. The first-order chi connectivity index (χ1) is 14.2. The van der Waals surface area contributed by atoms with Crippen LogP contribution in [0.1, 0.15) is 18.4 Å². The third-order valence-corrected chi connectivity index (χ3v) is 4.83. The van der Waals surface area contributed by atoms with Crippen molar-refractivity contribution in [3.05, 3.63) is 78.1 Å². The normalized spacial score (nSPS) is 13.8. The number of anilines is 2. The van der Waals surface area contributed by atoms with Crippen LogP contribution in [0.5, 0.6) is 0 Å². The second-order valence-electron chi connectivity index (χ2n) is 6.92. The van der Waals surface area contributed by atoms with E-state index in [0.29, 0.717) is 5.69 Å². The lowest BCUT2D eigenvalue weighted by Gasteiger charge is -2.15. The predicted molar refractivity (Wildman–Crippen MR) is 113 cm³/mol. The van der Waals surface area contributed by atoms with Crippen molar-refractivity contribution in [1.29, 1.82) is 0 Å². The van der Waals surface area contributed by atoms with Crippen LogP contribution in [0.4, 0.5) is 15.9 Å². The van der Waals surface area contributed by atoms with Gasteiger partial charge in [0.25, 0.3) is 0 Å². The summed E-state index contributed by atoms with van der Waals surface area (Å²) in [6.45, 7) is 2.08. The van der Waals surface area contributed by atoms with Crippen molar-refractivity contribution in [2.75, 3.05) is 23.3 Å². The zero-order valence-corrected chi connectivity index (χ0v) is 15.9. The van der Waals surface area contributed by atoms with Gasteiger partial charge in [0.05, 0.1) is 5.69 Å². The first kappa shape index (κ1) is 18.8. The highest BCUT2D eigenvalue weighted by Crippen LogP contribution is 2.22. The molecule has 1 aliphatic heterocycles. The molecule has 0 spiro atoms. The summed E-state index contributed by atoms with van der Waals surface area (Å²) in [5, 5.41) is 11.5. The number of amides is 1. The molecule has 0 saturated carbocycles. The van der Waals surface area contributed by atoms with Gasteiger partial charge in [-0.05, 0) is 60.9 Å². The molecular formula is C23H21FN4O. The van der Waals surface area contributed by atoms with E-state index in [0.717, 1.165) is 35.7 Å². The second-order valence-corrected chi connectivity index (χ2v) is 6.92. The van der Waals surface area contributed by atoms with E-state index in [9.17, 15) is 9.18 Å². The number of hydrogen-bond acceptors (Lipinski definition) is 4. The fourth-order valence-corrected chi connectivity index (χ4v) is 3.25. The molecule has 29 heavy (non-hydrogen) atoms. The monoisotopic (exact) mass is 388 g/mol. The molecular weight excluding hydrogens is 367 g/mol. The standard InChI is InChI=1S/C23H21FN4O/c24-19-8-3-17(4-9-19)5-14-23(29)25-20-10-6-18(7-11-20)21-12-13-22(27-26-21)28-15-1-2-16-28/h3-14H,1-2,15-16H2,(H,25,29)/b14-5+. The summed E-state index contributed by atoms with van der Waals surface area (Å²) in [6, 6.07) is 17.4. The Morgan fingerprint density at radius 3 is 2.31 bits per heavy atom. The molecule has 2 aromatic carbocycles. The number of rotatable bonds is 5. The second kappa shape index (κ2) is 8.65. The quantitative estimate of drug-likeness (QED) is 0.652. The zero-order chi connectivity index (χ0) is 20.1. The largest absolute Gasteiger partial charge is 0.355 e. The highest BCUT2D eigenvalue weighted by atomic mass is 19.1. The summed E-state index contributed by atoms with van der Waals surface area (Å²) in [7, 11) is 0. The molecule has 146 valence electrons. The lowest BCUT2D eigenvalue weighted by Crippen LogP contribution is -2.19. The van der Waals surface area contributed by atoms with Crippen LogP contribution >= 0.6 is 0 Å². The van der Waals surface area contributed by atoms with Crippen LogP contribution in [0, 0.1) is 5.82 Å². The SMILES string of the molecule is O=C(/C=C/c1ccc(F)cc1)Nc1ccc(-c2ccc(N3CCCC3)nn2)cc1. The van der Waals surface area contributed by atoms with Gasteiger partial charge in [0.2, 0.25) is 5.91 Å². The van der Waals surface area contributed by atoms with Crippen molar-refractivity contribution >= 4 is 23.5 Å². The summed E-state index contributed by atoms with van der Waals surface area (Å²) >= 11 is 0. The van der Waals surface area contributed by atoms with E-state index in [4.69, 9.17) is 0 Å². The summed E-state index contributed by atoms with van der Waals surface area (Å²) in [5.41, 5.74) is 3.17. The minimum absolute atomic E-state index is 0.253. The summed E-state index contributed by atoms with van der Waals surface area (Å²) in [6.07, 6.45) is 5.47. The van der Waals surface area contributed by atoms with Gasteiger partial charge in [-0.3, -0.25) is 4.79 Å². The molecule has 0 aliphatic carbocycles. The van der Waals surface area contributed by atoms with Crippen LogP contribution in [0.2, 0.25) is 0 Å². The Morgan fingerprint density at radius 2 is 1.66 bits per heavy atom. The van der Waals surface area contributed by atoms with Crippen molar-refractivity contribution in [1.82, 2.24) is 10.2 Å². The van der Waals surface area contributed by atoms with Gasteiger partial charge in [-0.2, -0.15) is 0 Å². The molecule has 1 N–H and O–H groups in total. The molecule has 4 rings (SSSR count). The van der Waals surface area contributed by atoms with Crippen molar-refractivity contribution in [2.45, 2.75) is 12.8 Å². The fourth-order valence-electron chi connectivity index (χ4n) is 3.25. The van der Waals surface area contributed by atoms with Gasteiger partial charge < -0.3 is 10.2 Å². The molecule has 1 aliphatic rings. The van der Waals surface area contributed by atoms with Crippen molar-refractivity contribution < 1.29 is 9.18 Å². The third-order valence-electron chi connectivity index (χ3n) is 4.83. The summed E-state index contributed by atoms with van der Waals surface area (Å²) < 4.78 is 12.9. The van der Waals surface area contributed by atoms with Crippen LogP contribution in [-0.2, 0) is 4.79 Å². The number of aromatic nitrogens is 2. The van der Waals surface area contributed by atoms with Crippen molar-refractivity contribution in [3.63, 3.8) is 0 Å². The van der Waals surface area contributed by atoms with E-state index in [1.54, 1.807) is 18.2 Å². The number of carbonyl (C=O) groups is 1. The van der Waals surface area contributed by atoms with Gasteiger partial charge in [-0.15, -0.1) is 10.2 Å². The first-order valence-corrected chi connectivity index (χ1v) is 9.61. The zero-order valence-electron chi connectivity index (χ0n) is 15.9. The van der Waals surface area contributed by atoms with E-state index in [1.165, 1.54) is 31.1 Å². The molecule has 0 unspecified atom stereocenters. The van der Waals surface area contributed by atoms with Gasteiger partial charge in [0.15, 0.2) is 5.82 Å². The Hall–Kier alpha value is -3.54. The van der Waals surface area contributed by atoms with Crippen LogP contribution in [-0.4, -0.2) is 29.2 Å². The average Bonchev–Trinajstić information content (AvgIpc) is 3.29. The lowest BCUT2D eigenvalue weighted by molar-refractivity contribution is -0.111. The highest BCUT2D eigenvalue weighted by molar-refractivity contribution is 6.02. The average molecular weight is 388 g/mol. The van der Waals surface area contributed by atoms with Crippen molar-refractivity contribution in [3.8, 4) is 11.3 Å². The van der Waals surface area contributed by atoms with Gasteiger partial charge in [0.1, 0.15) is 5.82 Å². The molecule has 0 atom stereocenters. The van der Waals surface area contributed by atoms with E-state index in [-0.39, 0.29) is 11.7 Å². The first-order valence-electron chi connectivity index (χ1n) is 9.61. The maximum absolute atomic E-state index is 12.9. The summed E-state index contributed by atoms with van der Waals surface area (Å²) in [4.78, 5) is 14.3. The number of halogens is 1. The van der Waals surface area contributed by atoms with Crippen LogP contribution in [0.3, 0.4) is 0 Å². The number of benzene rings is 2. The minimum Gasteiger partial charge on any atom is -0.355 e. The summed E-state index contributed by atoms with van der Waals surface area (Å²) in [5.74, 6) is 0.363. The maximum atomic E-state index is 12.9. The number of nitrogens with one attached hydrogen (secondary N) is 1. The Labute approximate surface area is 168 Å². The lowest BCUT2D eigenvalue weighted by atomic mass is 10.1. The number of hydrogen-bond donors (Lipinski definition) is 1. The Bertz CT molecular complexity index is 993. The van der Waals surface area contributed by atoms with Gasteiger partial charge in [-0.25, -0.2) is 4.39 Å². The topological polar surface area (TPSA) is 58.1 Å².